The van der Waals surface area contributed by atoms with E-state index in [1.165, 1.54) is 0 Å². The number of hydrogen-bond acceptors (Lipinski definition) is 1. The third-order valence-electron chi connectivity index (χ3n) is 1.27. The first-order valence-electron chi connectivity index (χ1n) is 3.10. The topological polar surface area (TPSA) is 37.3 Å². The van der Waals surface area contributed by atoms with Crippen LogP contribution in [0.1, 0.15) is 19.8 Å². The quantitative estimate of drug-likeness (QED) is 0.768. The Morgan fingerprint density at radius 2 is 2.30 bits per heavy atom. The highest BCUT2D eigenvalue weighted by atomic mass is 79.9. The van der Waals surface area contributed by atoms with Crippen molar-refractivity contribution in [3.63, 3.8) is 0 Å². The Bertz CT molecular complexity index is 143. The number of allylic oxidation sites excluding steroid dienone is 1. The molecule has 2 nitrogen and oxygen atoms in total. The molecule has 0 aromatic carbocycles. The number of carboxylic acids is 1. The minimum Gasteiger partial charge on any atom is -0.481 e. The van der Waals surface area contributed by atoms with Crippen LogP contribution in [0, 0.1) is 5.92 Å². The molecular formula is C7H11BrO2. The van der Waals surface area contributed by atoms with Crippen LogP contribution in [0.15, 0.2) is 11.1 Å². The van der Waals surface area contributed by atoms with Crippen LogP contribution in [0.4, 0.5) is 0 Å². The van der Waals surface area contributed by atoms with E-state index >= 15 is 0 Å². The van der Waals surface area contributed by atoms with Crippen LogP contribution in [-0.2, 0) is 4.79 Å². The van der Waals surface area contributed by atoms with Crippen molar-refractivity contribution in [1.29, 1.82) is 0 Å². The molecule has 0 rings (SSSR count). The molecule has 0 radical (unpaired) electrons. The second-order valence-electron chi connectivity index (χ2n) is 2.30. The van der Waals surface area contributed by atoms with Crippen molar-refractivity contribution in [2.75, 3.05) is 0 Å². The van der Waals surface area contributed by atoms with E-state index in [1.807, 2.05) is 0 Å². The molecule has 0 amide bonds. The van der Waals surface area contributed by atoms with Crippen LogP contribution in [-0.4, -0.2) is 11.1 Å². The summed E-state index contributed by atoms with van der Waals surface area (Å²) in [7, 11) is 0. The molecular weight excluding hydrogens is 196 g/mol. The van der Waals surface area contributed by atoms with E-state index in [9.17, 15) is 4.79 Å². The summed E-state index contributed by atoms with van der Waals surface area (Å²) in [6.45, 7) is 5.30. The molecule has 0 bridgehead atoms. The molecule has 0 aliphatic carbocycles. The first-order valence-corrected chi connectivity index (χ1v) is 3.89. The average Bonchev–Trinajstić information content (AvgIpc) is 1.82. The lowest BCUT2D eigenvalue weighted by molar-refractivity contribution is -0.141. The average molecular weight is 207 g/mol. The second-order valence-corrected chi connectivity index (χ2v) is 3.42. The summed E-state index contributed by atoms with van der Waals surface area (Å²) in [6.07, 6.45) is 1.38. The van der Waals surface area contributed by atoms with Crippen LogP contribution in [0.5, 0.6) is 0 Å². The van der Waals surface area contributed by atoms with Crippen LogP contribution in [0.25, 0.3) is 0 Å². The van der Waals surface area contributed by atoms with Gasteiger partial charge < -0.3 is 5.11 Å². The van der Waals surface area contributed by atoms with Crippen molar-refractivity contribution in [2.24, 2.45) is 5.92 Å². The van der Waals surface area contributed by atoms with E-state index in [1.54, 1.807) is 6.92 Å². The van der Waals surface area contributed by atoms with Gasteiger partial charge in [0, 0.05) is 0 Å². The van der Waals surface area contributed by atoms with Crippen LogP contribution in [0.2, 0.25) is 0 Å². The van der Waals surface area contributed by atoms with Gasteiger partial charge in [-0.2, -0.15) is 0 Å². The van der Waals surface area contributed by atoms with E-state index in [2.05, 4.69) is 22.5 Å². The Balaban J connectivity index is 3.49. The Morgan fingerprint density at radius 3 is 2.60 bits per heavy atom. The standard InChI is InChI=1S/C7H11BrO2/c1-5(7(9)10)3-4-6(2)8/h5H,2-4H2,1H3,(H,9,10). The Kier molecular flexibility index (Phi) is 4.36. The fourth-order valence-corrected chi connectivity index (χ4v) is 0.726. The van der Waals surface area contributed by atoms with Gasteiger partial charge in [-0.25, -0.2) is 0 Å². The molecule has 0 saturated heterocycles. The normalized spacial score (nSPS) is 12.6. The third kappa shape index (κ3) is 4.56. The fraction of sp³-hybridized carbons (Fsp3) is 0.571. The summed E-state index contributed by atoms with van der Waals surface area (Å²) in [5.74, 6) is -1.01. The summed E-state index contributed by atoms with van der Waals surface area (Å²) in [6, 6.07) is 0. The Labute approximate surface area is 69.1 Å². The van der Waals surface area contributed by atoms with Crippen molar-refractivity contribution in [2.45, 2.75) is 19.8 Å². The maximum Gasteiger partial charge on any atom is 0.306 e. The van der Waals surface area contributed by atoms with Crippen molar-refractivity contribution in [1.82, 2.24) is 0 Å². The fourth-order valence-electron chi connectivity index (χ4n) is 0.497. The SMILES string of the molecule is C=C(Br)CCC(C)C(=O)O. The largest absolute Gasteiger partial charge is 0.481 e. The second kappa shape index (κ2) is 4.50. The molecule has 1 N–H and O–H groups in total. The highest BCUT2D eigenvalue weighted by Gasteiger charge is 2.09. The van der Waals surface area contributed by atoms with E-state index in [0.29, 0.717) is 6.42 Å². The van der Waals surface area contributed by atoms with Crippen molar-refractivity contribution >= 4 is 21.9 Å². The van der Waals surface area contributed by atoms with Gasteiger partial charge in [0.25, 0.3) is 0 Å². The molecule has 0 spiro atoms. The van der Waals surface area contributed by atoms with Crippen LogP contribution < -0.4 is 0 Å². The summed E-state index contributed by atoms with van der Waals surface area (Å²) in [5, 5.41) is 8.45. The predicted molar refractivity (Wildman–Crippen MR) is 44.1 cm³/mol. The lowest BCUT2D eigenvalue weighted by Crippen LogP contribution is -2.08. The molecule has 1 unspecified atom stereocenters. The van der Waals surface area contributed by atoms with Gasteiger partial charge in [-0.1, -0.05) is 29.4 Å². The number of aliphatic carboxylic acids is 1. The molecule has 0 aromatic rings. The highest BCUT2D eigenvalue weighted by molar-refractivity contribution is 9.11. The van der Waals surface area contributed by atoms with Crippen LogP contribution in [0.3, 0.4) is 0 Å². The first kappa shape index (κ1) is 9.69. The number of halogens is 1. The van der Waals surface area contributed by atoms with Crippen molar-refractivity contribution in [3.8, 4) is 0 Å². The third-order valence-corrected chi connectivity index (χ3v) is 1.67. The summed E-state index contributed by atoms with van der Waals surface area (Å²) in [4.78, 5) is 10.3. The summed E-state index contributed by atoms with van der Waals surface area (Å²) in [5.41, 5.74) is 0. The number of hydrogen-bond donors (Lipinski definition) is 1. The lowest BCUT2D eigenvalue weighted by atomic mass is 10.1. The predicted octanol–water partition coefficient (Wildman–Crippen LogP) is 2.40. The summed E-state index contributed by atoms with van der Waals surface area (Å²) >= 11 is 3.16. The van der Waals surface area contributed by atoms with Gasteiger partial charge in [0.2, 0.25) is 0 Å². The zero-order valence-corrected chi connectivity index (χ0v) is 7.52. The molecule has 10 heavy (non-hydrogen) atoms. The van der Waals surface area contributed by atoms with Gasteiger partial charge >= 0.3 is 5.97 Å². The minimum absolute atomic E-state index is 0.269. The Morgan fingerprint density at radius 1 is 1.80 bits per heavy atom. The molecule has 3 heteroatoms. The maximum absolute atomic E-state index is 10.3. The molecule has 0 aliphatic heterocycles. The Hall–Kier alpha value is -0.310. The molecule has 0 aromatic heterocycles. The van der Waals surface area contributed by atoms with Gasteiger partial charge in [-0.3, -0.25) is 4.79 Å². The van der Waals surface area contributed by atoms with Gasteiger partial charge in [0.15, 0.2) is 0 Å². The minimum atomic E-state index is -0.742. The number of carbonyl (C=O) groups is 1. The van der Waals surface area contributed by atoms with E-state index in [-0.39, 0.29) is 5.92 Å². The van der Waals surface area contributed by atoms with Crippen LogP contribution >= 0.6 is 15.9 Å². The van der Waals surface area contributed by atoms with Gasteiger partial charge in [-0.05, 0) is 17.3 Å². The smallest absolute Gasteiger partial charge is 0.306 e. The van der Waals surface area contributed by atoms with E-state index < -0.39 is 5.97 Å². The maximum atomic E-state index is 10.3. The van der Waals surface area contributed by atoms with Crippen molar-refractivity contribution < 1.29 is 9.90 Å². The molecule has 58 valence electrons. The molecule has 0 saturated carbocycles. The summed E-state index contributed by atoms with van der Waals surface area (Å²) < 4.78 is 0.862. The van der Waals surface area contributed by atoms with Gasteiger partial charge in [0.05, 0.1) is 5.92 Å². The van der Waals surface area contributed by atoms with E-state index in [4.69, 9.17) is 5.11 Å². The zero-order chi connectivity index (χ0) is 8.15. The van der Waals surface area contributed by atoms with Gasteiger partial charge in [0.1, 0.15) is 0 Å². The molecule has 0 aliphatic rings. The number of carboxylic acid groups (broad SMARTS) is 1. The molecule has 0 fully saturated rings. The van der Waals surface area contributed by atoms with E-state index in [0.717, 1.165) is 10.9 Å². The lowest BCUT2D eigenvalue weighted by Gasteiger charge is -2.03. The van der Waals surface area contributed by atoms with Crippen molar-refractivity contribution in [3.05, 3.63) is 11.1 Å². The zero-order valence-electron chi connectivity index (χ0n) is 5.93. The highest BCUT2D eigenvalue weighted by Crippen LogP contribution is 2.14. The molecule has 0 heterocycles. The monoisotopic (exact) mass is 206 g/mol. The number of rotatable bonds is 4. The molecule has 1 atom stereocenters. The van der Waals surface area contributed by atoms with Gasteiger partial charge in [-0.15, -0.1) is 0 Å². The first-order chi connectivity index (χ1) is 4.54.